The van der Waals surface area contributed by atoms with Crippen molar-refractivity contribution in [2.24, 2.45) is 0 Å². The summed E-state index contributed by atoms with van der Waals surface area (Å²) in [6.45, 7) is 7.31. The van der Waals surface area contributed by atoms with Gasteiger partial charge in [-0.2, -0.15) is 0 Å². The molecule has 1 unspecified atom stereocenters. The maximum atomic E-state index is 5.74. The normalized spacial score (nSPS) is 24.5. The van der Waals surface area contributed by atoms with Gasteiger partial charge >= 0.3 is 0 Å². The van der Waals surface area contributed by atoms with E-state index >= 15 is 0 Å². The van der Waals surface area contributed by atoms with E-state index in [0.29, 0.717) is 6.10 Å². The smallest absolute Gasteiger partial charge is 0.0721 e. The van der Waals surface area contributed by atoms with Crippen LogP contribution in [-0.4, -0.2) is 32.3 Å². The first kappa shape index (κ1) is 12.0. The van der Waals surface area contributed by atoms with Crippen molar-refractivity contribution in [3.63, 3.8) is 0 Å². The Hall–Kier alpha value is -1.06. The van der Waals surface area contributed by atoms with Gasteiger partial charge in [-0.1, -0.05) is 12.1 Å². The van der Waals surface area contributed by atoms with Gasteiger partial charge in [0.2, 0.25) is 0 Å². The molecule has 1 fully saturated rings. The molecule has 0 saturated carbocycles. The third-order valence-electron chi connectivity index (χ3n) is 3.91. The van der Waals surface area contributed by atoms with Crippen LogP contribution in [0.15, 0.2) is 18.2 Å². The van der Waals surface area contributed by atoms with Gasteiger partial charge in [0.1, 0.15) is 0 Å². The first-order valence-electron chi connectivity index (χ1n) is 7.02. The zero-order chi connectivity index (χ0) is 12.4. The molecule has 3 heteroatoms. The van der Waals surface area contributed by atoms with Crippen molar-refractivity contribution < 1.29 is 4.74 Å². The van der Waals surface area contributed by atoms with Crippen LogP contribution in [0.3, 0.4) is 0 Å². The van der Waals surface area contributed by atoms with E-state index in [0.717, 1.165) is 45.6 Å². The van der Waals surface area contributed by atoms with Gasteiger partial charge in [0.15, 0.2) is 0 Å². The molecule has 0 aliphatic carbocycles. The monoisotopic (exact) mass is 246 g/mol. The number of ether oxygens (including phenoxy) is 1. The number of rotatable bonds is 1. The van der Waals surface area contributed by atoms with Gasteiger partial charge in [-0.05, 0) is 43.5 Å². The summed E-state index contributed by atoms with van der Waals surface area (Å²) >= 11 is 0. The van der Waals surface area contributed by atoms with Crippen molar-refractivity contribution in [1.82, 2.24) is 5.32 Å². The van der Waals surface area contributed by atoms with Gasteiger partial charge in [-0.3, -0.25) is 0 Å². The third kappa shape index (κ3) is 2.38. The maximum Gasteiger partial charge on any atom is 0.0721 e. The van der Waals surface area contributed by atoms with Crippen LogP contribution in [0, 0.1) is 0 Å². The number of fused-ring (bicyclic) bond motifs is 1. The number of hydrogen-bond donors (Lipinski definition) is 1. The summed E-state index contributed by atoms with van der Waals surface area (Å²) in [6, 6.07) is 6.75. The lowest BCUT2D eigenvalue weighted by molar-refractivity contribution is 0.0821. The number of hydrogen-bond acceptors (Lipinski definition) is 3. The summed E-state index contributed by atoms with van der Waals surface area (Å²) in [5.74, 6) is 0. The Bertz CT molecular complexity index is 419. The number of nitrogens with one attached hydrogen (secondary N) is 1. The molecule has 3 rings (SSSR count). The van der Waals surface area contributed by atoms with Gasteiger partial charge in [-0.15, -0.1) is 0 Å². The molecule has 0 aromatic heterocycles. The Morgan fingerprint density at radius 3 is 3.28 bits per heavy atom. The van der Waals surface area contributed by atoms with Crippen molar-refractivity contribution in [3.8, 4) is 0 Å². The zero-order valence-electron chi connectivity index (χ0n) is 11.1. The predicted molar refractivity (Wildman–Crippen MR) is 74.1 cm³/mol. The zero-order valence-corrected chi connectivity index (χ0v) is 11.1. The van der Waals surface area contributed by atoms with Crippen LogP contribution < -0.4 is 10.2 Å². The molecule has 0 amide bonds. The second kappa shape index (κ2) is 5.29. The van der Waals surface area contributed by atoms with Crippen LogP contribution in [0.5, 0.6) is 0 Å². The Kier molecular flexibility index (Phi) is 3.52. The van der Waals surface area contributed by atoms with Crippen molar-refractivity contribution in [2.45, 2.75) is 32.4 Å². The summed E-state index contributed by atoms with van der Waals surface area (Å²) in [6.07, 6.45) is 2.62. The second-order valence-corrected chi connectivity index (χ2v) is 5.32. The highest BCUT2D eigenvalue weighted by molar-refractivity contribution is 5.57. The van der Waals surface area contributed by atoms with Gasteiger partial charge in [-0.25, -0.2) is 0 Å². The van der Waals surface area contributed by atoms with Crippen LogP contribution in [0.4, 0.5) is 5.69 Å². The third-order valence-corrected chi connectivity index (χ3v) is 3.91. The molecule has 1 atom stereocenters. The molecule has 0 radical (unpaired) electrons. The van der Waals surface area contributed by atoms with Crippen molar-refractivity contribution in [1.29, 1.82) is 0 Å². The molecule has 2 heterocycles. The molecule has 1 saturated heterocycles. The number of benzene rings is 1. The molecule has 18 heavy (non-hydrogen) atoms. The van der Waals surface area contributed by atoms with E-state index in [1.54, 1.807) is 0 Å². The Morgan fingerprint density at radius 1 is 1.39 bits per heavy atom. The van der Waals surface area contributed by atoms with Crippen LogP contribution in [0.25, 0.3) is 0 Å². The quantitative estimate of drug-likeness (QED) is 0.819. The second-order valence-electron chi connectivity index (χ2n) is 5.32. The molecule has 2 aliphatic heterocycles. The fourth-order valence-electron chi connectivity index (χ4n) is 3.01. The molecule has 0 bridgehead atoms. The lowest BCUT2D eigenvalue weighted by Gasteiger charge is -2.29. The van der Waals surface area contributed by atoms with E-state index in [2.05, 4.69) is 35.3 Å². The summed E-state index contributed by atoms with van der Waals surface area (Å²) in [5, 5.41) is 3.49. The minimum absolute atomic E-state index is 0.333. The summed E-state index contributed by atoms with van der Waals surface area (Å²) in [7, 11) is 0. The number of anilines is 1. The molecule has 3 nitrogen and oxygen atoms in total. The fourth-order valence-corrected chi connectivity index (χ4v) is 3.01. The highest BCUT2D eigenvalue weighted by Gasteiger charge is 2.20. The summed E-state index contributed by atoms with van der Waals surface area (Å²) in [5.41, 5.74) is 4.43. The average molecular weight is 246 g/mol. The van der Waals surface area contributed by atoms with Gasteiger partial charge in [0.25, 0.3) is 0 Å². The first-order valence-corrected chi connectivity index (χ1v) is 7.02. The lowest BCUT2D eigenvalue weighted by atomic mass is 9.98. The van der Waals surface area contributed by atoms with Crippen molar-refractivity contribution in [3.05, 3.63) is 29.3 Å². The molecule has 0 spiro atoms. The van der Waals surface area contributed by atoms with Crippen molar-refractivity contribution >= 4 is 5.69 Å². The average Bonchev–Trinajstić information content (AvgIpc) is 2.63. The molecule has 1 aromatic rings. The van der Waals surface area contributed by atoms with E-state index in [-0.39, 0.29) is 0 Å². The van der Waals surface area contributed by atoms with Gasteiger partial charge in [0.05, 0.1) is 6.10 Å². The Balaban J connectivity index is 1.90. The van der Waals surface area contributed by atoms with Gasteiger partial charge < -0.3 is 15.0 Å². The minimum atomic E-state index is 0.333. The van der Waals surface area contributed by atoms with Crippen molar-refractivity contribution in [2.75, 3.05) is 31.1 Å². The van der Waals surface area contributed by atoms with E-state index in [1.165, 1.54) is 16.8 Å². The Labute approximate surface area is 109 Å². The number of nitrogens with zero attached hydrogens (tertiary/aromatic N) is 1. The SMILES string of the molecule is CC1CN(c2cccc3c2CNCC3)CCCO1. The van der Waals surface area contributed by atoms with Crippen LogP contribution in [-0.2, 0) is 17.7 Å². The predicted octanol–water partition coefficient (Wildman–Crippen LogP) is 1.95. The maximum absolute atomic E-state index is 5.74. The highest BCUT2D eigenvalue weighted by Crippen LogP contribution is 2.27. The molecule has 1 N–H and O–H groups in total. The molecule has 98 valence electrons. The summed E-state index contributed by atoms with van der Waals surface area (Å²) < 4.78 is 5.74. The van der Waals surface area contributed by atoms with E-state index < -0.39 is 0 Å². The summed E-state index contributed by atoms with van der Waals surface area (Å²) in [4.78, 5) is 2.50. The minimum Gasteiger partial charge on any atom is -0.377 e. The van der Waals surface area contributed by atoms with Gasteiger partial charge in [0, 0.05) is 31.9 Å². The fraction of sp³-hybridized carbons (Fsp3) is 0.600. The van der Waals surface area contributed by atoms with Crippen LogP contribution in [0.1, 0.15) is 24.5 Å². The molecular weight excluding hydrogens is 224 g/mol. The Morgan fingerprint density at radius 2 is 2.33 bits per heavy atom. The van der Waals surface area contributed by atoms with E-state index in [1.807, 2.05) is 0 Å². The largest absolute Gasteiger partial charge is 0.377 e. The van der Waals surface area contributed by atoms with Crippen LogP contribution >= 0.6 is 0 Å². The highest BCUT2D eigenvalue weighted by atomic mass is 16.5. The first-order chi connectivity index (χ1) is 8.84. The molecule has 2 aliphatic rings. The molecular formula is C15H22N2O. The topological polar surface area (TPSA) is 24.5 Å². The standard InChI is InChI=1S/C15H22N2O/c1-12-11-17(8-3-9-18-12)15-5-2-4-13-6-7-16-10-14(13)15/h2,4-5,12,16H,3,6-11H2,1H3. The van der Waals surface area contributed by atoms with E-state index in [9.17, 15) is 0 Å². The molecule has 1 aromatic carbocycles. The van der Waals surface area contributed by atoms with E-state index in [4.69, 9.17) is 4.74 Å². The lowest BCUT2D eigenvalue weighted by Crippen LogP contribution is -2.33. The van der Waals surface area contributed by atoms with Crippen LogP contribution in [0.2, 0.25) is 0 Å².